The molecule has 0 bridgehead atoms. The average molecular weight is 321 g/mol. The Morgan fingerprint density at radius 3 is 2.52 bits per heavy atom. The van der Waals surface area contributed by atoms with E-state index in [1.807, 2.05) is 0 Å². The largest absolute Gasteiger partial charge is 0.481 e. The number of carboxylic acids is 1. The molecule has 23 heavy (non-hydrogen) atoms. The number of carbonyl (C=O) groups excluding carboxylic acids is 1. The van der Waals surface area contributed by atoms with Crippen molar-refractivity contribution in [2.24, 2.45) is 5.92 Å². The molecule has 1 aliphatic carbocycles. The number of nitro groups is 1. The molecule has 0 saturated heterocycles. The average Bonchev–Trinajstić information content (AvgIpc) is 2.54. The number of para-hydroxylation sites is 1. The van der Waals surface area contributed by atoms with Gasteiger partial charge in [0.05, 0.1) is 11.3 Å². The Balaban J connectivity index is 2.16. The molecule has 2 rings (SSSR count). The summed E-state index contributed by atoms with van der Waals surface area (Å²) in [5.74, 6) is -1.89. The summed E-state index contributed by atoms with van der Waals surface area (Å²) in [4.78, 5) is 33.7. The lowest BCUT2D eigenvalue weighted by molar-refractivity contribution is -0.385. The van der Waals surface area contributed by atoms with E-state index in [0.29, 0.717) is 0 Å². The van der Waals surface area contributed by atoms with E-state index < -0.39 is 23.0 Å². The third kappa shape index (κ3) is 4.51. The van der Waals surface area contributed by atoms with Crippen LogP contribution in [0.2, 0.25) is 0 Å². The number of carboxylic acid groups (broad SMARTS) is 1. The Labute approximate surface area is 133 Å². The molecule has 1 atom stereocenters. The third-order valence-electron chi connectivity index (χ3n) is 4.13. The normalized spacial score (nSPS) is 16.5. The van der Waals surface area contributed by atoms with E-state index in [-0.39, 0.29) is 23.6 Å². The van der Waals surface area contributed by atoms with Crippen LogP contribution in [0.4, 0.5) is 5.69 Å². The number of ether oxygens (including phenoxy) is 1. The number of carbonyl (C=O) groups is 2. The number of aliphatic carboxylic acids is 1. The summed E-state index contributed by atoms with van der Waals surface area (Å²) in [5, 5.41) is 20.0. The van der Waals surface area contributed by atoms with Gasteiger partial charge < -0.3 is 9.84 Å². The van der Waals surface area contributed by atoms with Gasteiger partial charge in [-0.3, -0.25) is 14.9 Å². The van der Waals surface area contributed by atoms with E-state index >= 15 is 0 Å². The highest BCUT2D eigenvalue weighted by Crippen LogP contribution is 2.30. The van der Waals surface area contributed by atoms with Crippen molar-refractivity contribution in [1.82, 2.24) is 0 Å². The van der Waals surface area contributed by atoms with E-state index in [4.69, 9.17) is 9.84 Å². The van der Waals surface area contributed by atoms with Crippen LogP contribution in [0.1, 0.15) is 48.9 Å². The van der Waals surface area contributed by atoms with Gasteiger partial charge in [-0.1, -0.05) is 31.4 Å². The lowest BCUT2D eigenvalue weighted by Gasteiger charge is -2.29. The predicted octanol–water partition coefficient (Wildman–Crippen LogP) is 3.18. The van der Waals surface area contributed by atoms with Crippen LogP contribution in [0.15, 0.2) is 24.3 Å². The van der Waals surface area contributed by atoms with E-state index in [9.17, 15) is 19.7 Å². The van der Waals surface area contributed by atoms with Gasteiger partial charge in [0.25, 0.3) is 5.69 Å². The highest BCUT2D eigenvalue weighted by molar-refractivity contribution is 5.94. The summed E-state index contributed by atoms with van der Waals surface area (Å²) in [5.41, 5.74) is -0.487. The molecule has 0 aromatic heterocycles. The smallest absolute Gasteiger partial charge is 0.345 e. The van der Waals surface area contributed by atoms with Crippen LogP contribution in [0, 0.1) is 16.0 Å². The number of nitrogens with zero attached hydrogens (tertiary/aromatic N) is 1. The minimum Gasteiger partial charge on any atom is -0.481 e. The number of hydrogen-bond acceptors (Lipinski definition) is 5. The van der Waals surface area contributed by atoms with Gasteiger partial charge in [0.2, 0.25) is 0 Å². The molecule has 1 aromatic rings. The summed E-state index contributed by atoms with van der Waals surface area (Å²) >= 11 is 0. The molecule has 1 N–H and O–H groups in total. The van der Waals surface area contributed by atoms with Crippen molar-refractivity contribution < 1.29 is 24.4 Å². The minimum atomic E-state index is -1.05. The summed E-state index contributed by atoms with van der Waals surface area (Å²) in [6.45, 7) is 0. The zero-order valence-corrected chi connectivity index (χ0v) is 12.6. The van der Waals surface area contributed by atoms with E-state index in [1.54, 1.807) is 0 Å². The third-order valence-corrected chi connectivity index (χ3v) is 4.13. The summed E-state index contributed by atoms with van der Waals surface area (Å²) in [6.07, 6.45) is 3.63. The lowest BCUT2D eigenvalue weighted by atomic mass is 9.84. The monoisotopic (exact) mass is 321 g/mol. The highest BCUT2D eigenvalue weighted by atomic mass is 16.6. The Morgan fingerprint density at radius 2 is 1.91 bits per heavy atom. The van der Waals surface area contributed by atoms with Gasteiger partial charge in [-0.25, -0.2) is 4.79 Å². The second-order valence-corrected chi connectivity index (χ2v) is 5.71. The SMILES string of the molecule is O=C(O)CC(OC(=O)c1ccccc1[N+](=O)[O-])C1CCCCC1. The maximum atomic E-state index is 12.3. The zero-order chi connectivity index (χ0) is 16.8. The van der Waals surface area contributed by atoms with E-state index in [2.05, 4.69) is 0 Å². The molecular weight excluding hydrogens is 302 g/mol. The van der Waals surface area contributed by atoms with Crippen LogP contribution < -0.4 is 0 Å². The van der Waals surface area contributed by atoms with Crippen LogP contribution in [-0.4, -0.2) is 28.1 Å². The van der Waals surface area contributed by atoms with Gasteiger partial charge in [-0.2, -0.15) is 0 Å². The Kier molecular flexibility index (Phi) is 5.67. The molecule has 1 aromatic carbocycles. The first-order valence-electron chi connectivity index (χ1n) is 7.65. The summed E-state index contributed by atoms with van der Waals surface area (Å²) in [6, 6.07) is 5.52. The van der Waals surface area contributed by atoms with Crippen molar-refractivity contribution >= 4 is 17.6 Å². The van der Waals surface area contributed by atoms with Crippen LogP contribution in [-0.2, 0) is 9.53 Å². The topological polar surface area (TPSA) is 107 Å². The van der Waals surface area contributed by atoms with Crippen molar-refractivity contribution in [3.8, 4) is 0 Å². The fourth-order valence-corrected chi connectivity index (χ4v) is 2.99. The zero-order valence-electron chi connectivity index (χ0n) is 12.6. The fraction of sp³-hybridized carbons (Fsp3) is 0.500. The number of rotatable bonds is 6. The molecule has 1 unspecified atom stereocenters. The quantitative estimate of drug-likeness (QED) is 0.490. The molecule has 7 heteroatoms. The molecule has 0 amide bonds. The molecule has 1 aliphatic rings. The summed E-state index contributed by atoms with van der Waals surface area (Å²) < 4.78 is 5.35. The van der Waals surface area contributed by atoms with Crippen molar-refractivity contribution in [1.29, 1.82) is 0 Å². The highest BCUT2D eigenvalue weighted by Gasteiger charge is 2.31. The Hall–Kier alpha value is -2.44. The first kappa shape index (κ1) is 16.9. The molecule has 0 aliphatic heterocycles. The predicted molar refractivity (Wildman–Crippen MR) is 81.1 cm³/mol. The van der Waals surface area contributed by atoms with Crippen LogP contribution >= 0.6 is 0 Å². The first-order chi connectivity index (χ1) is 11.0. The molecule has 1 fully saturated rings. The van der Waals surface area contributed by atoms with Gasteiger partial charge in [-0.15, -0.1) is 0 Å². The summed E-state index contributed by atoms with van der Waals surface area (Å²) in [7, 11) is 0. The second-order valence-electron chi connectivity index (χ2n) is 5.71. The van der Waals surface area contributed by atoms with Gasteiger partial charge in [-0.05, 0) is 24.8 Å². The van der Waals surface area contributed by atoms with Gasteiger partial charge in [0.1, 0.15) is 11.7 Å². The van der Waals surface area contributed by atoms with E-state index in [0.717, 1.165) is 32.1 Å². The maximum absolute atomic E-state index is 12.3. The number of esters is 1. The van der Waals surface area contributed by atoms with Crippen molar-refractivity contribution in [3.05, 3.63) is 39.9 Å². The number of benzene rings is 1. The molecule has 124 valence electrons. The van der Waals surface area contributed by atoms with E-state index in [1.165, 1.54) is 24.3 Å². The molecule has 1 saturated carbocycles. The maximum Gasteiger partial charge on any atom is 0.345 e. The van der Waals surface area contributed by atoms with Crippen molar-refractivity contribution in [2.75, 3.05) is 0 Å². The van der Waals surface area contributed by atoms with Gasteiger partial charge in [0, 0.05) is 6.07 Å². The van der Waals surface area contributed by atoms with Gasteiger partial charge in [0.15, 0.2) is 0 Å². The molecule has 0 radical (unpaired) electrons. The second kappa shape index (κ2) is 7.71. The molecular formula is C16H19NO6. The van der Waals surface area contributed by atoms with Crippen LogP contribution in [0.5, 0.6) is 0 Å². The lowest BCUT2D eigenvalue weighted by Crippen LogP contribution is -2.31. The van der Waals surface area contributed by atoms with Crippen molar-refractivity contribution in [2.45, 2.75) is 44.6 Å². The van der Waals surface area contributed by atoms with Gasteiger partial charge >= 0.3 is 11.9 Å². The van der Waals surface area contributed by atoms with Crippen molar-refractivity contribution in [3.63, 3.8) is 0 Å². The number of nitro benzene ring substituents is 1. The van der Waals surface area contributed by atoms with Crippen LogP contribution in [0.25, 0.3) is 0 Å². The fourth-order valence-electron chi connectivity index (χ4n) is 2.99. The molecule has 7 nitrogen and oxygen atoms in total. The molecule has 0 spiro atoms. The van der Waals surface area contributed by atoms with Crippen LogP contribution in [0.3, 0.4) is 0 Å². The molecule has 0 heterocycles. The Bertz CT molecular complexity index is 594. The number of hydrogen-bond donors (Lipinski definition) is 1. The first-order valence-corrected chi connectivity index (χ1v) is 7.65. The minimum absolute atomic E-state index is 0.00781. The standard InChI is InChI=1S/C16H19NO6/c18-15(19)10-14(11-6-2-1-3-7-11)23-16(20)12-8-4-5-9-13(12)17(21)22/h4-5,8-9,11,14H,1-3,6-7,10H2,(H,18,19). The Morgan fingerprint density at radius 1 is 1.26 bits per heavy atom.